The second-order valence-corrected chi connectivity index (χ2v) is 6.62. The molecule has 1 aliphatic heterocycles. The summed E-state index contributed by atoms with van der Waals surface area (Å²) in [6.07, 6.45) is 1.13. The fourth-order valence-electron chi connectivity index (χ4n) is 1.21. The van der Waals surface area contributed by atoms with E-state index in [-0.39, 0.29) is 5.41 Å². The van der Waals surface area contributed by atoms with Crippen LogP contribution < -0.4 is 0 Å². The minimum Gasteiger partial charge on any atom is -0.411 e. The van der Waals surface area contributed by atoms with Crippen LogP contribution in [0.4, 0.5) is 0 Å². The molecule has 0 aromatic rings. The van der Waals surface area contributed by atoms with E-state index in [1.54, 1.807) is 0 Å². The van der Waals surface area contributed by atoms with Crippen molar-refractivity contribution < 1.29 is 5.21 Å². The van der Waals surface area contributed by atoms with Crippen molar-refractivity contribution in [2.45, 2.75) is 32.4 Å². The molecule has 0 bridgehead atoms. The van der Waals surface area contributed by atoms with Crippen molar-refractivity contribution in [3.63, 3.8) is 0 Å². The van der Waals surface area contributed by atoms with E-state index in [9.17, 15) is 0 Å². The van der Waals surface area contributed by atoms with E-state index in [4.69, 9.17) is 5.21 Å². The Morgan fingerprint density at radius 2 is 2.17 bits per heavy atom. The van der Waals surface area contributed by atoms with Crippen molar-refractivity contribution in [3.8, 4) is 0 Å². The van der Waals surface area contributed by atoms with Crippen LogP contribution in [-0.2, 0) is 0 Å². The van der Waals surface area contributed by atoms with Gasteiger partial charge < -0.3 is 5.21 Å². The van der Waals surface area contributed by atoms with Crippen molar-refractivity contribution >= 4 is 27.3 Å². The summed E-state index contributed by atoms with van der Waals surface area (Å²) in [7, 11) is 3.69. The van der Waals surface area contributed by atoms with Gasteiger partial charge in [-0.05, 0) is 6.42 Å². The van der Waals surface area contributed by atoms with Crippen LogP contribution >= 0.6 is 21.6 Å². The van der Waals surface area contributed by atoms with Gasteiger partial charge in [-0.15, -0.1) is 0 Å². The van der Waals surface area contributed by atoms with E-state index in [0.717, 1.165) is 12.1 Å². The largest absolute Gasteiger partial charge is 0.411 e. The maximum absolute atomic E-state index is 8.89. The smallest absolute Gasteiger partial charge is 0.0762 e. The summed E-state index contributed by atoms with van der Waals surface area (Å²) < 4.78 is 0. The van der Waals surface area contributed by atoms with Crippen LogP contribution in [0.25, 0.3) is 0 Å². The summed E-state index contributed by atoms with van der Waals surface area (Å²) in [5.74, 6) is 1.17. The molecular weight excluding hydrogens is 190 g/mol. The van der Waals surface area contributed by atoms with E-state index in [2.05, 4.69) is 25.9 Å². The molecule has 1 aliphatic rings. The number of nitrogens with zero attached hydrogens (tertiary/aromatic N) is 1. The summed E-state index contributed by atoms with van der Waals surface area (Å²) in [5, 5.41) is 12.7. The van der Waals surface area contributed by atoms with Gasteiger partial charge in [-0.2, -0.15) is 0 Å². The fourth-order valence-corrected chi connectivity index (χ4v) is 4.29. The Morgan fingerprint density at radius 1 is 1.50 bits per heavy atom. The highest BCUT2D eigenvalue weighted by Gasteiger charge is 2.31. The molecule has 70 valence electrons. The molecule has 0 aliphatic carbocycles. The summed E-state index contributed by atoms with van der Waals surface area (Å²) >= 11 is 0. The van der Waals surface area contributed by atoms with Crippen LogP contribution in [0.1, 0.15) is 27.2 Å². The average molecular weight is 205 g/mol. The Bertz CT molecular complexity index is 180. The minimum absolute atomic E-state index is 0.00266. The molecule has 0 aromatic heterocycles. The van der Waals surface area contributed by atoms with Gasteiger partial charge in [0, 0.05) is 11.2 Å². The molecule has 2 nitrogen and oxygen atoms in total. The number of hydrogen-bond donors (Lipinski definition) is 1. The monoisotopic (exact) mass is 205 g/mol. The zero-order valence-electron chi connectivity index (χ0n) is 7.70. The van der Waals surface area contributed by atoms with E-state index >= 15 is 0 Å². The molecule has 1 saturated heterocycles. The van der Waals surface area contributed by atoms with Gasteiger partial charge in [0.25, 0.3) is 0 Å². The first-order chi connectivity index (χ1) is 5.55. The Hall–Kier alpha value is 0.170. The van der Waals surface area contributed by atoms with Crippen molar-refractivity contribution in [2.24, 2.45) is 10.6 Å². The standard InChI is InChI=1S/C8H15NOS2/c1-8(2,3)7(9-10)6-4-5-11-12-6/h6,10H,4-5H2,1-3H3/b9-7+. The summed E-state index contributed by atoms with van der Waals surface area (Å²) in [6, 6.07) is 0. The Labute approximate surface area is 81.6 Å². The highest BCUT2D eigenvalue weighted by atomic mass is 33.1. The summed E-state index contributed by atoms with van der Waals surface area (Å²) in [5.41, 5.74) is 0.926. The van der Waals surface area contributed by atoms with Gasteiger partial charge in [-0.1, -0.05) is 47.5 Å². The van der Waals surface area contributed by atoms with Gasteiger partial charge in [0.15, 0.2) is 0 Å². The molecule has 0 amide bonds. The van der Waals surface area contributed by atoms with Crippen LogP contribution in [0.15, 0.2) is 5.16 Å². The lowest BCUT2D eigenvalue weighted by molar-refractivity contribution is 0.309. The quantitative estimate of drug-likeness (QED) is 0.309. The third-order valence-electron chi connectivity index (χ3n) is 1.83. The van der Waals surface area contributed by atoms with Crippen LogP contribution in [0, 0.1) is 5.41 Å². The Morgan fingerprint density at radius 3 is 2.50 bits per heavy atom. The third-order valence-corrected chi connectivity index (χ3v) is 4.66. The lowest BCUT2D eigenvalue weighted by Gasteiger charge is -2.23. The predicted octanol–water partition coefficient (Wildman–Crippen LogP) is 3.02. The molecule has 1 heterocycles. The molecule has 0 spiro atoms. The number of hydrogen-bond acceptors (Lipinski definition) is 4. The molecule has 1 rings (SSSR count). The lowest BCUT2D eigenvalue weighted by Crippen LogP contribution is -2.29. The molecule has 1 atom stereocenters. The van der Waals surface area contributed by atoms with Crippen molar-refractivity contribution in [3.05, 3.63) is 0 Å². The highest BCUT2D eigenvalue weighted by molar-refractivity contribution is 8.77. The van der Waals surface area contributed by atoms with Crippen LogP contribution in [-0.4, -0.2) is 21.9 Å². The van der Waals surface area contributed by atoms with E-state index in [1.165, 1.54) is 5.75 Å². The molecule has 0 saturated carbocycles. The molecule has 0 aromatic carbocycles. The molecule has 12 heavy (non-hydrogen) atoms. The molecule has 1 unspecified atom stereocenters. The summed E-state index contributed by atoms with van der Waals surface area (Å²) in [4.78, 5) is 0. The van der Waals surface area contributed by atoms with Gasteiger partial charge in [-0.3, -0.25) is 0 Å². The van der Waals surface area contributed by atoms with E-state index in [0.29, 0.717) is 5.25 Å². The number of rotatable bonds is 1. The minimum atomic E-state index is -0.00266. The third kappa shape index (κ3) is 2.33. The van der Waals surface area contributed by atoms with E-state index in [1.807, 2.05) is 21.6 Å². The molecule has 4 heteroatoms. The van der Waals surface area contributed by atoms with Crippen LogP contribution in [0.2, 0.25) is 0 Å². The van der Waals surface area contributed by atoms with Gasteiger partial charge in [0.2, 0.25) is 0 Å². The summed E-state index contributed by atoms with van der Waals surface area (Å²) in [6.45, 7) is 6.27. The number of oxime groups is 1. The Kier molecular flexibility index (Phi) is 3.35. The van der Waals surface area contributed by atoms with Crippen LogP contribution in [0.5, 0.6) is 0 Å². The highest BCUT2D eigenvalue weighted by Crippen LogP contribution is 2.41. The second kappa shape index (κ2) is 3.92. The van der Waals surface area contributed by atoms with Gasteiger partial charge in [-0.25, -0.2) is 0 Å². The molecule has 1 fully saturated rings. The molecular formula is C8H15NOS2. The predicted molar refractivity (Wildman–Crippen MR) is 57.1 cm³/mol. The average Bonchev–Trinajstić information content (AvgIpc) is 2.38. The maximum atomic E-state index is 8.89. The topological polar surface area (TPSA) is 32.6 Å². The molecule has 1 N–H and O–H groups in total. The first-order valence-electron chi connectivity index (χ1n) is 4.06. The fraction of sp³-hybridized carbons (Fsp3) is 0.875. The van der Waals surface area contributed by atoms with E-state index < -0.39 is 0 Å². The second-order valence-electron chi connectivity index (χ2n) is 3.93. The van der Waals surface area contributed by atoms with Crippen LogP contribution in [0.3, 0.4) is 0 Å². The Balaban J connectivity index is 2.69. The molecule has 0 radical (unpaired) electrons. The van der Waals surface area contributed by atoms with Crippen molar-refractivity contribution in [2.75, 3.05) is 5.75 Å². The van der Waals surface area contributed by atoms with Crippen molar-refractivity contribution in [1.82, 2.24) is 0 Å². The lowest BCUT2D eigenvalue weighted by atomic mass is 9.87. The first kappa shape index (κ1) is 10.3. The van der Waals surface area contributed by atoms with Gasteiger partial charge >= 0.3 is 0 Å². The SMILES string of the molecule is CC(C)(C)/C(=N/O)C1CCSS1. The van der Waals surface area contributed by atoms with Gasteiger partial charge in [0.1, 0.15) is 0 Å². The normalized spacial score (nSPS) is 26.2. The zero-order chi connectivity index (χ0) is 9.19. The maximum Gasteiger partial charge on any atom is 0.0762 e. The zero-order valence-corrected chi connectivity index (χ0v) is 9.34. The van der Waals surface area contributed by atoms with Crippen molar-refractivity contribution in [1.29, 1.82) is 0 Å². The van der Waals surface area contributed by atoms with Gasteiger partial charge in [0.05, 0.1) is 11.0 Å². The first-order valence-corrected chi connectivity index (χ1v) is 6.44.